The van der Waals surface area contributed by atoms with Crippen LogP contribution in [0.5, 0.6) is 0 Å². The Morgan fingerprint density at radius 1 is 1.00 bits per heavy atom. The SMILES string of the molecule is CCCC(CO)C(=O)NCCCC[C@@H](C=O)NC(=O)N[C@@H](CCC(=O)O)C(=O)O. The van der Waals surface area contributed by atoms with Crippen LogP contribution in [0.4, 0.5) is 4.79 Å². The van der Waals surface area contributed by atoms with Crippen LogP contribution in [-0.4, -0.2) is 70.7 Å². The standard InChI is InChI=1S/C18H31N3O8/c1-2-5-12(10-22)16(26)19-9-4-3-6-13(11-23)20-18(29)21-14(17(27)28)7-8-15(24)25/h11-14,22H,2-10H2,1H3,(H,19,26)(H,24,25)(H,27,28)(H2,20,21,29)/t12?,13-,14-/m0/s1. The van der Waals surface area contributed by atoms with Gasteiger partial charge in [0.05, 0.1) is 18.6 Å². The van der Waals surface area contributed by atoms with Gasteiger partial charge in [0.1, 0.15) is 12.3 Å². The lowest BCUT2D eigenvalue weighted by Crippen LogP contribution is -2.49. The van der Waals surface area contributed by atoms with Gasteiger partial charge in [0.15, 0.2) is 0 Å². The van der Waals surface area contributed by atoms with E-state index in [0.29, 0.717) is 32.1 Å². The molecule has 0 aliphatic carbocycles. The zero-order valence-corrected chi connectivity index (χ0v) is 16.6. The second kappa shape index (κ2) is 15.3. The van der Waals surface area contributed by atoms with E-state index in [4.69, 9.17) is 15.3 Å². The molecule has 0 aromatic rings. The highest BCUT2D eigenvalue weighted by atomic mass is 16.4. The molecule has 11 nitrogen and oxygen atoms in total. The Morgan fingerprint density at radius 3 is 2.21 bits per heavy atom. The molecule has 0 aromatic heterocycles. The van der Waals surface area contributed by atoms with Crippen LogP contribution in [0.3, 0.4) is 0 Å². The number of hydrogen-bond acceptors (Lipinski definition) is 6. The molecule has 0 aliphatic rings. The summed E-state index contributed by atoms with van der Waals surface area (Å²) in [6.07, 6.45) is 2.56. The van der Waals surface area contributed by atoms with Gasteiger partial charge in [-0.05, 0) is 32.1 Å². The number of rotatable bonds is 16. The molecule has 166 valence electrons. The molecule has 0 bridgehead atoms. The van der Waals surface area contributed by atoms with Crippen LogP contribution in [0.1, 0.15) is 51.9 Å². The number of aliphatic hydroxyl groups is 1. The summed E-state index contributed by atoms with van der Waals surface area (Å²) in [4.78, 5) is 56.4. The topological polar surface area (TPSA) is 182 Å². The minimum atomic E-state index is -1.38. The number of aliphatic carboxylic acids is 2. The maximum Gasteiger partial charge on any atom is 0.326 e. The summed E-state index contributed by atoms with van der Waals surface area (Å²) in [5, 5.41) is 34.0. The third-order valence-electron chi connectivity index (χ3n) is 4.20. The molecular weight excluding hydrogens is 386 g/mol. The van der Waals surface area contributed by atoms with Crippen molar-refractivity contribution in [2.45, 2.75) is 64.0 Å². The van der Waals surface area contributed by atoms with Gasteiger partial charge in [-0.3, -0.25) is 9.59 Å². The number of nitrogens with one attached hydrogen (secondary N) is 3. The predicted molar refractivity (Wildman–Crippen MR) is 102 cm³/mol. The minimum absolute atomic E-state index is 0.213. The fourth-order valence-electron chi connectivity index (χ4n) is 2.57. The largest absolute Gasteiger partial charge is 0.481 e. The maximum absolute atomic E-state index is 11.8. The minimum Gasteiger partial charge on any atom is -0.481 e. The molecule has 0 fully saturated rings. The van der Waals surface area contributed by atoms with E-state index in [1.54, 1.807) is 0 Å². The average Bonchev–Trinajstić information content (AvgIpc) is 2.67. The molecule has 0 rings (SSSR count). The van der Waals surface area contributed by atoms with Gasteiger partial charge < -0.3 is 36.1 Å². The van der Waals surface area contributed by atoms with Gasteiger partial charge in [0.2, 0.25) is 5.91 Å². The number of carbonyl (C=O) groups excluding carboxylic acids is 3. The van der Waals surface area contributed by atoms with Crippen LogP contribution in [0.25, 0.3) is 0 Å². The number of hydrogen-bond donors (Lipinski definition) is 6. The van der Waals surface area contributed by atoms with E-state index >= 15 is 0 Å². The van der Waals surface area contributed by atoms with Gasteiger partial charge in [0.25, 0.3) is 0 Å². The van der Waals surface area contributed by atoms with Gasteiger partial charge in [-0.15, -0.1) is 0 Å². The highest BCUT2D eigenvalue weighted by molar-refractivity contribution is 5.84. The third kappa shape index (κ3) is 12.4. The Bertz CT molecular complexity index is 555. The van der Waals surface area contributed by atoms with E-state index < -0.39 is 42.4 Å². The van der Waals surface area contributed by atoms with E-state index in [9.17, 15) is 24.0 Å². The second-order valence-electron chi connectivity index (χ2n) is 6.64. The van der Waals surface area contributed by atoms with E-state index in [2.05, 4.69) is 16.0 Å². The number of aliphatic hydroxyl groups excluding tert-OH is 1. The average molecular weight is 417 g/mol. The number of unbranched alkanes of at least 4 members (excludes halogenated alkanes) is 1. The Kier molecular flexibility index (Phi) is 13.8. The Morgan fingerprint density at radius 2 is 1.69 bits per heavy atom. The molecule has 1 unspecified atom stereocenters. The zero-order valence-electron chi connectivity index (χ0n) is 16.6. The molecule has 29 heavy (non-hydrogen) atoms. The first-order valence-corrected chi connectivity index (χ1v) is 9.60. The number of urea groups is 1. The molecule has 6 N–H and O–H groups in total. The summed E-state index contributed by atoms with van der Waals surface area (Å²) in [6.45, 7) is 2.08. The van der Waals surface area contributed by atoms with Crippen molar-refractivity contribution >= 4 is 30.2 Å². The highest BCUT2D eigenvalue weighted by Gasteiger charge is 2.22. The number of carboxylic acids is 2. The van der Waals surface area contributed by atoms with Gasteiger partial charge in [-0.25, -0.2) is 9.59 Å². The number of amides is 3. The molecule has 0 saturated carbocycles. The van der Waals surface area contributed by atoms with E-state index in [-0.39, 0.29) is 25.4 Å². The molecule has 3 atom stereocenters. The van der Waals surface area contributed by atoms with Crippen LogP contribution in [-0.2, 0) is 19.2 Å². The summed E-state index contributed by atoms with van der Waals surface area (Å²) < 4.78 is 0. The van der Waals surface area contributed by atoms with Gasteiger partial charge in [-0.2, -0.15) is 0 Å². The van der Waals surface area contributed by atoms with Crippen molar-refractivity contribution in [1.29, 1.82) is 0 Å². The van der Waals surface area contributed by atoms with Crippen LogP contribution in [0, 0.1) is 5.92 Å². The first-order chi connectivity index (χ1) is 13.7. The molecule has 0 aliphatic heterocycles. The fourth-order valence-corrected chi connectivity index (χ4v) is 2.57. The first-order valence-electron chi connectivity index (χ1n) is 9.60. The first kappa shape index (κ1) is 26.3. The van der Waals surface area contributed by atoms with E-state index in [0.717, 1.165) is 6.42 Å². The summed E-state index contributed by atoms with van der Waals surface area (Å²) in [6, 6.07) is -3.10. The van der Waals surface area contributed by atoms with Gasteiger partial charge >= 0.3 is 18.0 Å². The van der Waals surface area contributed by atoms with Crippen LogP contribution in [0.2, 0.25) is 0 Å². The lowest BCUT2D eigenvalue weighted by molar-refractivity contribution is -0.140. The van der Waals surface area contributed by atoms with Gasteiger partial charge in [-0.1, -0.05) is 13.3 Å². The summed E-state index contributed by atoms with van der Waals surface area (Å²) in [7, 11) is 0. The summed E-state index contributed by atoms with van der Waals surface area (Å²) >= 11 is 0. The van der Waals surface area contributed by atoms with E-state index in [1.165, 1.54) is 0 Å². The van der Waals surface area contributed by atoms with Crippen molar-refractivity contribution in [2.75, 3.05) is 13.2 Å². The van der Waals surface area contributed by atoms with Gasteiger partial charge in [0, 0.05) is 13.0 Å². The van der Waals surface area contributed by atoms with E-state index in [1.807, 2.05) is 6.92 Å². The molecule has 11 heteroatoms. The summed E-state index contributed by atoms with van der Waals surface area (Å²) in [5.74, 6) is -3.21. The Labute approximate surface area is 169 Å². The Balaban J connectivity index is 4.24. The smallest absolute Gasteiger partial charge is 0.326 e. The van der Waals surface area contributed by atoms with Crippen LogP contribution < -0.4 is 16.0 Å². The molecule has 0 spiro atoms. The number of aldehydes is 1. The quantitative estimate of drug-likeness (QED) is 0.148. The van der Waals surface area contributed by atoms with Crippen molar-refractivity contribution in [1.82, 2.24) is 16.0 Å². The van der Waals surface area contributed by atoms with Crippen molar-refractivity contribution in [3.63, 3.8) is 0 Å². The molecule has 0 saturated heterocycles. The predicted octanol–water partition coefficient (Wildman–Crippen LogP) is -0.134. The number of carboxylic acid groups (broad SMARTS) is 2. The molecule has 0 heterocycles. The lowest BCUT2D eigenvalue weighted by Gasteiger charge is -2.17. The van der Waals surface area contributed by atoms with Crippen LogP contribution >= 0.6 is 0 Å². The lowest BCUT2D eigenvalue weighted by atomic mass is 10.0. The molecular formula is C18H31N3O8. The fraction of sp³-hybridized carbons (Fsp3) is 0.722. The van der Waals surface area contributed by atoms with Crippen molar-refractivity contribution in [3.05, 3.63) is 0 Å². The molecule has 0 aromatic carbocycles. The van der Waals surface area contributed by atoms with Crippen molar-refractivity contribution in [3.8, 4) is 0 Å². The Hall–Kier alpha value is -2.69. The number of carbonyl (C=O) groups is 5. The normalized spacial score (nSPS) is 13.6. The van der Waals surface area contributed by atoms with Crippen LogP contribution in [0.15, 0.2) is 0 Å². The summed E-state index contributed by atoms with van der Waals surface area (Å²) in [5.41, 5.74) is 0. The third-order valence-corrected chi connectivity index (χ3v) is 4.20. The second-order valence-corrected chi connectivity index (χ2v) is 6.64. The molecule has 0 radical (unpaired) electrons. The van der Waals surface area contributed by atoms with Crippen molar-refractivity contribution in [2.24, 2.45) is 5.92 Å². The zero-order chi connectivity index (χ0) is 22.2. The highest BCUT2D eigenvalue weighted by Crippen LogP contribution is 2.06. The monoisotopic (exact) mass is 417 g/mol. The van der Waals surface area contributed by atoms with Crippen molar-refractivity contribution < 1.29 is 39.3 Å². The maximum atomic E-state index is 11.8. The molecule has 3 amide bonds.